The summed E-state index contributed by atoms with van der Waals surface area (Å²) in [6, 6.07) is 13.7. The van der Waals surface area contributed by atoms with Crippen molar-refractivity contribution in [3.63, 3.8) is 0 Å². The van der Waals surface area contributed by atoms with Crippen LogP contribution < -0.4 is 23.8 Å². The lowest BCUT2D eigenvalue weighted by molar-refractivity contribution is -0.114. The summed E-state index contributed by atoms with van der Waals surface area (Å²) in [5.41, 5.74) is -0.0850. The predicted octanol–water partition coefficient (Wildman–Crippen LogP) is 4.34. The molecule has 3 rings (SSSR count). The Kier molecular flexibility index (Phi) is 7.85. The van der Waals surface area contributed by atoms with Crippen LogP contribution in [0, 0.1) is 5.82 Å². The molecule has 0 bridgehead atoms. The molecule has 0 aliphatic carbocycles. The smallest absolute Gasteiger partial charge is 0.264 e. The molecule has 0 radical (unpaired) electrons. The van der Waals surface area contributed by atoms with Crippen molar-refractivity contribution in [1.82, 2.24) is 0 Å². The lowest BCUT2D eigenvalue weighted by atomic mass is 10.2. The van der Waals surface area contributed by atoms with Gasteiger partial charge in [0.25, 0.3) is 10.0 Å². The highest BCUT2D eigenvalue weighted by Gasteiger charge is 2.29. The second-order valence-electron chi connectivity index (χ2n) is 6.87. The summed E-state index contributed by atoms with van der Waals surface area (Å²) in [6.07, 6.45) is 0. The fourth-order valence-electron chi connectivity index (χ4n) is 3.11. The van der Waals surface area contributed by atoms with E-state index in [1.807, 2.05) is 0 Å². The molecule has 1 N–H and O–H groups in total. The normalized spacial score (nSPS) is 11.0. The average Bonchev–Trinajstić information content (AvgIpc) is 2.83. The van der Waals surface area contributed by atoms with Crippen LogP contribution in [0.25, 0.3) is 0 Å². The van der Waals surface area contributed by atoms with Gasteiger partial charge in [-0.3, -0.25) is 9.10 Å². The van der Waals surface area contributed by atoms with E-state index in [1.54, 1.807) is 0 Å². The van der Waals surface area contributed by atoms with Gasteiger partial charge in [-0.25, -0.2) is 12.8 Å². The molecule has 0 saturated carbocycles. The van der Waals surface area contributed by atoms with Gasteiger partial charge in [-0.15, -0.1) is 0 Å². The predicted molar refractivity (Wildman–Crippen MR) is 127 cm³/mol. The van der Waals surface area contributed by atoms with Gasteiger partial charge in [0, 0.05) is 12.1 Å². The third-order valence-corrected chi connectivity index (χ3v) is 6.87. The number of halogens is 2. The number of para-hydroxylation sites is 1. The number of anilines is 2. The number of hydrogen-bond acceptors (Lipinski definition) is 6. The minimum Gasteiger partial charge on any atom is -0.497 e. The zero-order valence-corrected chi connectivity index (χ0v) is 20.1. The molecular formula is C23H22ClFN2O6S. The van der Waals surface area contributed by atoms with Gasteiger partial charge in [-0.05, 0) is 36.4 Å². The molecular weight excluding hydrogens is 487 g/mol. The second-order valence-corrected chi connectivity index (χ2v) is 9.14. The molecule has 3 aromatic carbocycles. The van der Waals surface area contributed by atoms with Crippen molar-refractivity contribution >= 4 is 38.9 Å². The van der Waals surface area contributed by atoms with Crippen LogP contribution >= 0.6 is 11.6 Å². The molecule has 3 aromatic rings. The topological polar surface area (TPSA) is 94.2 Å². The summed E-state index contributed by atoms with van der Waals surface area (Å²) in [4.78, 5) is 12.8. The number of carbonyl (C=O) groups excluding carboxylic acids is 1. The van der Waals surface area contributed by atoms with Crippen LogP contribution in [-0.2, 0) is 14.8 Å². The summed E-state index contributed by atoms with van der Waals surface area (Å²) in [5.74, 6) is -0.608. The van der Waals surface area contributed by atoms with Gasteiger partial charge in [-0.1, -0.05) is 23.7 Å². The molecule has 8 nitrogen and oxygen atoms in total. The Hall–Kier alpha value is -3.50. The lowest BCUT2D eigenvalue weighted by Crippen LogP contribution is -2.38. The number of nitrogens with zero attached hydrogens (tertiary/aromatic N) is 1. The van der Waals surface area contributed by atoms with Gasteiger partial charge >= 0.3 is 0 Å². The number of amides is 1. The summed E-state index contributed by atoms with van der Waals surface area (Å²) >= 11 is 6.09. The molecule has 0 aromatic heterocycles. The summed E-state index contributed by atoms with van der Waals surface area (Å²) in [7, 11) is -0.0944. The standard InChI is InChI=1S/C23H22ClFN2O6S/c1-31-15-8-10-16(11-9-15)34(29,30)27(20-7-5-4-6-18(20)25)14-23(28)26-19-13-21(32-2)17(24)12-22(19)33-3/h4-13H,14H2,1-3H3,(H,26,28). The highest BCUT2D eigenvalue weighted by molar-refractivity contribution is 7.92. The van der Waals surface area contributed by atoms with Crippen molar-refractivity contribution in [2.45, 2.75) is 4.90 Å². The first-order valence-corrected chi connectivity index (χ1v) is 11.7. The molecule has 0 aliphatic rings. The maximum absolute atomic E-state index is 14.6. The van der Waals surface area contributed by atoms with Crippen molar-refractivity contribution in [3.8, 4) is 17.2 Å². The number of ether oxygens (including phenoxy) is 3. The van der Waals surface area contributed by atoms with E-state index in [9.17, 15) is 17.6 Å². The first-order valence-electron chi connectivity index (χ1n) is 9.84. The quantitative estimate of drug-likeness (QED) is 0.462. The van der Waals surface area contributed by atoms with Crippen LogP contribution in [0.4, 0.5) is 15.8 Å². The maximum Gasteiger partial charge on any atom is 0.264 e. The highest BCUT2D eigenvalue weighted by Crippen LogP contribution is 2.36. The fraction of sp³-hybridized carbons (Fsp3) is 0.174. The molecule has 180 valence electrons. The number of hydrogen-bond donors (Lipinski definition) is 1. The number of benzene rings is 3. The van der Waals surface area contributed by atoms with E-state index in [0.717, 1.165) is 6.07 Å². The molecule has 0 saturated heterocycles. The van der Waals surface area contributed by atoms with Crippen molar-refractivity contribution in [2.24, 2.45) is 0 Å². The Balaban J connectivity index is 1.98. The van der Waals surface area contributed by atoms with Crippen molar-refractivity contribution in [1.29, 1.82) is 0 Å². The minimum atomic E-state index is -4.32. The number of methoxy groups -OCH3 is 3. The Bertz CT molecular complexity index is 1290. The first-order chi connectivity index (χ1) is 16.2. The lowest BCUT2D eigenvalue weighted by Gasteiger charge is -2.25. The fourth-order valence-corrected chi connectivity index (χ4v) is 4.77. The van der Waals surface area contributed by atoms with E-state index in [2.05, 4.69) is 5.32 Å². The Morgan fingerprint density at radius 2 is 1.62 bits per heavy atom. The van der Waals surface area contributed by atoms with Crippen molar-refractivity contribution in [3.05, 3.63) is 71.5 Å². The van der Waals surface area contributed by atoms with Crippen molar-refractivity contribution in [2.75, 3.05) is 37.5 Å². The number of nitrogens with one attached hydrogen (secondary N) is 1. The molecule has 34 heavy (non-hydrogen) atoms. The zero-order chi connectivity index (χ0) is 24.9. The van der Waals surface area contributed by atoms with Crippen LogP contribution in [0.1, 0.15) is 0 Å². The monoisotopic (exact) mass is 508 g/mol. The maximum atomic E-state index is 14.6. The summed E-state index contributed by atoms with van der Waals surface area (Å²) in [5, 5.41) is 2.83. The third-order valence-electron chi connectivity index (χ3n) is 4.80. The molecule has 0 atom stereocenters. The second kappa shape index (κ2) is 10.6. The third kappa shape index (κ3) is 5.35. The van der Waals surface area contributed by atoms with Crippen LogP contribution in [0.3, 0.4) is 0 Å². The SMILES string of the molecule is COc1ccc(S(=O)(=O)N(CC(=O)Nc2cc(OC)c(Cl)cc2OC)c2ccccc2F)cc1. The van der Waals surface area contributed by atoms with E-state index in [1.165, 1.54) is 75.9 Å². The number of sulfonamides is 1. The van der Waals surface area contributed by atoms with Gasteiger partial charge in [0.15, 0.2) is 0 Å². The Labute approximate surface area is 201 Å². The highest BCUT2D eigenvalue weighted by atomic mass is 35.5. The van der Waals surface area contributed by atoms with Crippen LogP contribution in [0.15, 0.2) is 65.6 Å². The molecule has 0 heterocycles. The zero-order valence-electron chi connectivity index (χ0n) is 18.5. The van der Waals surface area contributed by atoms with E-state index >= 15 is 0 Å². The van der Waals surface area contributed by atoms with Gasteiger partial charge in [0.1, 0.15) is 29.6 Å². The average molecular weight is 509 g/mol. The summed E-state index contributed by atoms with van der Waals surface area (Å²) in [6.45, 7) is -0.719. The van der Waals surface area contributed by atoms with Crippen molar-refractivity contribution < 1.29 is 31.8 Å². The van der Waals surface area contributed by atoms with E-state index < -0.39 is 28.3 Å². The molecule has 0 unspecified atom stereocenters. The van der Waals surface area contributed by atoms with E-state index in [-0.39, 0.29) is 32.8 Å². The van der Waals surface area contributed by atoms with Gasteiger partial charge in [0.05, 0.1) is 42.6 Å². The van der Waals surface area contributed by atoms with Crippen LogP contribution in [0.5, 0.6) is 17.2 Å². The number of rotatable bonds is 9. The minimum absolute atomic E-state index is 0.143. The molecule has 11 heteroatoms. The Morgan fingerprint density at radius 1 is 0.971 bits per heavy atom. The van der Waals surface area contributed by atoms with Crippen LogP contribution in [0.2, 0.25) is 5.02 Å². The molecule has 0 aliphatic heterocycles. The largest absolute Gasteiger partial charge is 0.497 e. The van der Waals surface area contributed by atoms with E-state index in [4.69, 9.17) is 25.8 Å². The molecule has 0 fully saturated rings. The molecule has 1 amide bonds. The summed E-state index contributed by atoms with van der Waals surface area (Å²) < 4.78 is 57.6. The number of carbonyl (C=O) groups is 1. The Morgan fingerprint density at radius 3 is 2.21 bits per heavy atom. The molecule has 0 spiro atoms. The first kappa shape index (κ1) is 25.1. The van der Waals surface area contributed by atoms with Gasteiger partial charge in [-0.2, -0.15) is 0 Å². The van der Waals surface area contributed by atoms with Crippen LogP contribution in [-0.4, -0.2) is 42.2 Å². The van der Waals surface area contributed by atoms with Gasteiger partial charge in [0.2, 0.25) is 5.91 Å². The van der Waals surface area contributed by atoms with Gasteiger partial charge < -0.3 is 19.5 Å². The van der Waals surface area contributed by atoms with E-state index in [0.29, 0.717) is 10.1 Å².